The maximum Gasteiger partial charge on any atom is 0.234 e. The molecule has 10 heteroatoms. The molecule has 2 aromatic heterocycles. The first-order valence-electron chi connectivity index (χ1n) is 9.43. The topological polar surface area (TPSA) is 81.9 Å². The molecule has 0 saturated heterocycles. The van der Waals surface area contributed by atoms with Crippen molar-refractivity contribution in [3.05, 3.63) is 77.0 Å². The summed E-state index contributed by atoms with van der Waals surface area (Å²) in [5.74, 6) is 1.11. The Morgan fingerprint density at radius 2 is 1.81 bits per heavy atom. The number of hydrogen-bond donors (Lipinski definition) is 1. The summed E-state index contributed by atoms with van der Waals surface area (Å²) in [6.07, 6.45) is 3.38. The van der Waals surface area contributed by atoms with E-state index < -0.39 is 0 Å². The molecule has 0 bridgehead atoms. The van der Waals surface area contributed by atoms with E-state index in [1.165, 1.54) is 18.9 Å². The minimum Gasteiger partial charge on any atom is -0.495 e. The number of methoxy groups -OCH3 is 1. The van der Waals surface area contributed by atoms with Crippen molar-refractivity contribution in [1.82, 2.24) is 19.7 Å². The number of halogens is 2. The fraction of sp³-hybridized carbons (Fsp3) is 0.0909. The molecule has 2 heterocycles. The molecule has 0 spiro atoms. The number of carbonyl (C=O) groups is 1. The quantitative estimate of drug-likeness (QED) is 0.354. The van der Waals surface area contributed by atoms with Gasteiger partial charge < -0.3 is 10.1 Å². The van der Waals surface area contributed by atoms with E-state index in [9.17, 15) is 4.79 Å². The fourth-order valence-electron chi connectivity index (χ4n) is 2.95. The van der Waals surface area contributed by atoms with Crippen molar-refractivity contribution < 1.29 is 9.53 Å². The van der Waals surface area contributed by atoms with Crippen LogP contribution in [0.5, 0.6) is 5.75 Å². The molecule has 2 aromatic carbocycles. The molecule has 0 aliphatic carbocycles. The van der Waals surface area contributed by atoms with Gasteiger partial charge >= 0.3 is 0 Å². The van der Waals surface area contributed by atoms with Gasteiger partial charge in [-0.1, -0.05) is 35.0 Å². The third kappa shape index (κ3) is 5.04. The highest BCUT2D eigenvalue weighted by molar-refractivity contribution is 7.99. The van der Waals surface area contributed by atoms with Crippen LogP contribution in [0.2, 0.25) is 10.0 Å². The lowest BCUT2D eigenvalue weighted by Gasteiger charge is -2.11. The third-order valence-electron chi connectivity index (χ3n) is 4.42. The number of aromatic nitrogens is 4. The van der Waals surface area contributed by atoms with Crippen molar-refractivity contribution in [2.45, 2.75) is 5.16 Å². The number of hydrogen-bond acceptors (Lipinski definition) is 6. The van der Waals surface area contributed by atoms with Crippen molar-refractivity contribution >= 4 is 46.6 Å². The molecule has 1 amide bonds. The summed E-state index contributed by atoms with van der Waals surface area (Å²) in [5, 5.41) is 13.1. The van der Waals surface area contributed by atoms with Crippen molar-refractivity contribution in [2.75, 3.05) is 18.2 Å². The second-order valence-corrected chi connectivity index (χ2v) is 8.33. The smallest absolute Gasteiger partial charge is 0.234 e. The van der Waals surface area contributed by atoms with Crippen LogP contribution in [-0.4, -0.2) is 38.5 Å². The standard InChI is InChI=1S/C22H17Cl2N5O2S/c1-31-19-7-4-16(12-18(19)24)26-20(30)13-32-22-28-27-21(14-8-10-25-11-9-14)29(22)17-5-2-15(23)3-6-17/h2-12H,13H2,1H3,(H,26,30). The van der Waals surface area contributed by atoms with E-state index in [1.807, 2.05) is 28.8 Å². The van der Waals surface area contributed by atoms with Crippen LogP contribution in [0.1, 0.15) is 0 Å². The molecular formula is C22H17Cl2N5O2S. The largest absolute Gasteiger partial charge is 0.495 e. The van der Waals surface area contributed by atoms with Crippen LogP contribution in [0.4, 0.5) is 5.69 Å². The summed E-state index contributed by atoms with van der Waals surface area (Å²) in [6.45, 7) is 0. The van der Waals surface area contributed by atoms with Gasteiger partial charge in [-0.15, -0.1) is 10.2 Å². The molecule has 0 aliphatic rings. The summed E-state index contributed by atoms with van der Waals surface area (Å²) in [6, 6.07) is 16.1. The van der Waals surface area contributed by atoms with E-state index in [4.69, 9.17) is 27.9 Å². The van der Waals surface area contributed by atoms with Gasteiger partial charge in [0.1, 0.15) is 5.75 Å². The normalized spacial score (nSPS) is 10.7. The van der Waals surface area contributed by atoms with Gasteiger partial charge in [0, 0.05) is 34.4 Å². The van der Waals surface area contributed by atoms with Crippen molar-refractivity contribution in [3.63, 3.8) is 0 Å². The van der Waals surface area contributed by atoms with Crippen LogP contribution in [0, 0.1) is 0 Å². The number of nitrogens with zero attached hydrogens (tertiary/aromatic N) is 4. The number of carbonyl (C=O) groups excluding carboxylic acids is 1. The number of nitrogens with one attached hydrogen (secondary N) is 1. The first-order valence-corrected chi connectivity index (χ1v) is 11.2. The monoisotopic (exact) mass is 485 g/mol. The highest BCUT2D eigenvalue weighted by atomic mass is 35.5. The summed E-state index contributed by atoms with van der Waals surface area (Å²) in [4.78, 5) is 16.6. The lowest BCUT2D eigenvalue weighted by molar-refractivity contribution is -0.113. The zero-order valence-electron chi connectivity index (χ0n) is 16.8. The molecule has 4 rings (SSSR count). The predicted molar refractivity (Wildman–Crippen MR) is 127 cm³/mol. The van der Waals surface area contributed by atoms with Crippen molar-refractivity contribution in [2.24, 2.45) is 0 Å². The number of benzene rings is 2. The predicted octanol–water partition coefficient (Wildman–Crippen LogP) is 5.38. The average Bonchev–Trinajstić information content (AvgIpc) is 3.23. The van der Waals surface area contributed by atoms with E-state index in [-0.39, 0.29) is 11.7 Å². The Kier molecular flexibility index (Phi) is 6.94. The second kappa shape index (κ2) is 10.0. The van der Waals surface area contributed by atoms with Crippen LogP contribution >= 0.6 is 35.0 Å². The van der Waals surface area contributed by atoms with E-state index in [0.717, 1.165) is 11.3 Å². The van der Waals surface area contributed by atoms with Crippen LogP contribution in [0.15, 0.2) is 72.1 Å². The number of ether oxygens (including phenoxy) is 1. The molecular weight excluding hydrogens is 469 g/mol. The van der Waals surface area contributed by atoms with Gasteiger partial charge in [0.2, 0.25) is 5.91 Å². The summed E-state index contributed by atoms with van der Waals surface area (Å²) in [5.41, 5.74) is 2.26. The zero-order valence-corrected chi connectivity index (χ0v) is 19.2. The van der Waals surface area contributed by atoms with Crippen LogP contribution in [-0.2, 0) is 4.79 Å². The highest BCUT2D eigenvalue weighted by Gasteiger charge is 2.17. The molecule has 0 aliphatic heterocycles. The Morgan fingerprint density at radius 1 is 1.06 bits per heavy atom. The summed E-state index contributed by atoms with van der Waals surface area (Å²) >= 11 is 13.5. The first kappa shape index (κ1) is 22.1. The van der Waals surface area contributed by atoms with Gasteiger partial charge in [-0.25, -0.2) is 0 Å². The Balaban J connectivity index is 1.55. The number of pyridine rings is 1. The minimum absolute atomic E-state index is 0.131. The first-order chi connectivity index (χ1) is 15.5. The van der Waals surface area contributed by atoms with Crippen molar-refractivity contribution in [3.8, 4) is 22.8 Å². The van der Waals surface area contributed by atoms with Crippen molar-refractivity contribution in [1.29, 1.82) is 0 Å². The van der Waals surface area contributed by atoms with Gasteiger partial charge in [0.25, 0.3) is 0 Å². The maximum absolute atomic E-state index is 12.5. The molecule has 32 heavy (non-hydrogen) atoms. The van der Waals surface area contributed by atoms with E-state index in [0.29, 0.717) is 32.5 Å². The summed E-state index contributed by atoms with van der Waals surface area (Å²) in [7, 11) is 1.53. The van der Waals surface area contributed by atoms with Crippen LogP contribution < -0.4 is 10.1 Å². The van der Waals surface area contributed by atoms with Gasteiger partial charge in [-0.2, -0.15) is 0 Å². The maximum atomic E-state index is 12.5. The zero-order chi connectivity index (χ0) is 22.5. The van der Waals surface area contributed by atoms with E-state index >= 15 is 0 Å². The third-order valence-corrected chi connectivity index (χ3v) is 5.90. The minimum atomic E-state index is -0.202. The van der Waals surface area contributed by atoms with Gasteiger partial charge in [-0.05, 0) is 54.6 Å². The fourth-order valence-corrected chi connectivity index (χ4v) is 4.08. The molecule has 4 aromatic rings. The Labute approximate surface area is 198 Å². The van der Waals surface area contributed by atoms with Gasteiger partial charge in [0.05, 0.1) is 17.9 Å². The molecule has 1 N–H and O–H groups in total. The second-order valence-electron chi connectivity index (χ2n) is 6.54. The molecule has 0 atom stereocenters. The Hall–Kier alpha value is -3.07. The molecule has 0 saturated carbocycles. The van der Waals surface area contributed by atoms with E-state index in [2.05, 4.69) is 20.5 Å². The number of thioether (sulfide) groups is 1. The molecule has 0 unspecified atom stereocenters. The van der Waals surface area contributed by atoms with Gasteiger partial charge in [-0.3, -0.25) is 14.3 Å². The number of rotatable bonds is 7. The molecule has 162 valence electrons. The highest BCUT2D eigenvalue weighted by Crippen LogP contribution is 2.29. The van der Waals surface area contributed by atoms with Crippen LogP contribution in [0.25, 0.3) is 17.1 Å². The molecule has 0 fully saturated rings. The SMILES string of the molecule is COc1ccc(NC(=O)CSc2nnc(-c3ccncc3)n2-c2ccc(Cl)cc2)cc1Cl. The summed E-state index contributed by atoms with van der Waals surface area (Å²) < 4.78 is 7.02. The Bertz CT molecular complexity index is 1230. The van der Waals surface area contributed by atoms with E-state index in [1.54, 1.807) is 42.7 Å². The van der Waals surface area contributed by atoms with Gasteiger partial charge in [0.15, 0.2) is 11.0 Å². The molecule has 7 nitrogen and oxygen atoms in total. The van der Waals surface area contributed by atoms with Crippen LogP contribution in [0.3, 0.4) is 0 Å². The number of anilines is 1. The number of amides is 1. The Morgan fingerprint density at radius 3 is 2.50 bits per heavy atom. The average molecular weight is 486 g/mol. The lowest BCUT2D eigenvalue weighted by atomic mass is 10.2. The molecule has 0 radical (unpaired) electrons. The lowest BCUT2D eigenvalue weighted by Crippen LogP contribution is -2.14.